The van der Waals surface area contributed by atoms with Crippen LogP contribution in [0.2, 0.25) is 0 Å². The largest absolute Gasteiger partial charge is 0.466 e. The van der Waals surface area contributed by atoms with Gasteiger partial charge in [0.15, 0.2) is 0 Å². The predicted octanol–water partition coefficient (Wildman–Crippen LogP) is 1.48. The molecule has 6 nitrogen and oxygen atoms in total. The Morgan fingerprint density at radius 3 is 2.90 bits per heavy atom. The minimum Gasteiger partial charge on any atom is -0.466 e. The third-order valence-electron chi connectivity index (χ3n) is 4.48. The summed E-state index contributed by atoms with van der Waals surface area (Å²) in [6.45, 7) is 2.25. The molecule has 2 aliphatic rings. The van der Waals surface area contributed by atoms with Crippen LogP contribution in [0.1, 0.15) is 32.6 Å². The topological polar surface area (TPSA) is 103 Å². The highest BCUT2D eigenvalue weighted by molar-refractivity contribution is 5.97. The SMILES string of the molecule is COC(=O)/C=C\[C@H]1CCC2=C/C(=N\N=C(N)N)CC[C@@]21C. The summed E-state index contributed by atoms with van der Waals surface area (Å²) >= 11 is 0. The van der Waals surface area contributed by atoms with E-state index in [2.05, 4.69) is 27.9 Å². The van der Waals surface area contributed by atoms with E-state index in [9.17, 15) is 4.79 Å². The maximum atomic E-state index is 11.3. The van der Waals surface area contributed by atoms with Crippen LogP contribution in [0.15, 0.2) is 34.0 Å². The van der Waals surface area contributed by atoms with Gasteiger partial charge >= 0.3 is 5.97 Å². The fraction of sp³-hybridized carbons (Fsp3) is 0.533. The van der Waals surface area contributed by atoms with Crippen LogP contribution in [0.25, 0.3) is 0 Å². The van der Waals surface area contributed by atoms with Crippen molar-refractivity contribution in [1.29, 1.82) is 0 Å². The van der Waals surface area contributed by atoms with Gasteiger partial charge in [-0.2, -0.15) is 5.10 Å². The lowest BCUT2D eigenvalue weighted by molar-refractivity contribution is -0.134. The van der Waals surface area contributed by atoms with Crippen LogP contribution < -0.4 is 11.5 Å². The molecule has 0 aromatic carbocycles. The molecular weight excluding hydrogens is 268 g/mol. The van der Waals surface area contributed by atoms with E-state index >= 15 is 0 Å². The number of guanidine groups is 1. The van der Waals surface area contributed by atoms with Crippen molar-refractivity contribution in [2.45, 2.75) is 32.6 Å². The summed E-state index contributed by atoms with van der Waals surface area (Å²) in [6.07, 6.45) is 9.46. The first-order valence-electron chi connectivity index (χ1n) is 7.08. The molecule has 1 fully saturated rings. The molecule has 0 aromatic heterocycles. The zero-order chi connectivity index (χ0) is 15.5. The molecule has 0 amide bonds. The van der Waals surface area contributed by atoms with Crippen LogP contribution >= 0.6 is 0 Å². The van der Waals surface area contributed by atoms with Gasteiger partial charge in [0.2, 0.25) is 5.96 Å². The van der Waals surface area contributed by atoms with Crippen LogP contribution in [0.3, 0.4) is 0 Å². The Morgan fingerprint density at radius 2 is 2.24 bits per heavy atom. The molecule has 0 spiro atoms. The van der Waals surface area contributed by atoms with Gasteiger partial charge in [0, 0.05) is 6.08 Å². The summed E-state index contributed by atoms with van der Waals surface area (Å²) in [6, 6.07) is 0. The fourth-order valence-corrected chi connectivity index (χ4v) is 3.17. The summed E-state index contributed by atoms with van der Waals surface area (Å²) in [5.41, 5.74) is 12.9. The molecule has 0 heterocycles. The first-order valence-corrected chi connectivity index (χ1v) is 7.08. The average molecular weight is 290 g/mol. The van der Waals surface area contributed by atoms with Crippen LogP contribution in [0.5, 0.6) is 0 Å². The number of nitrogens with two attached hydrogens (primary N) is 2. The quantitative estimate of drug-likeness (QED) is 0.270. The third kappa shape index (κ3) is 3.32. The summed E-state index contributed by atoms with van der Waals surface area (Å²) in [5.74, 6) is 0.0221. The maximum absolute atomic E-state index is 11.3. The van der Waals surface area contributed by atoms with Gasteiger partial charge in [0.25, 0.3) is 0 Å². The van der Waals surface area contributed by atoms with Crippen LogP contribution in [0, 0.1) is 11.3 Å². The number of hydrogen-bond donors (Lipinski definition) is 2. The number of carbonyl (C=O) groups excluding carboxylic acids is 1. The number of ether oxygens (including phenoxy) is 1. The maximum Gasteiger partial charge on any atom is 0.330 e. The number of fused-ring (bicyclic) bond motifs is 1. The highest BCUT2D eigenvalue weighted by Crippen LogP contribution is 2.52. The Balaban J connectivity index is 2.17. The van der Waals surface area contributed by atoms with Crippen molar-refractivity contribution >= 4 is 17.6 Å². The zero-order valence-electron chi connectivity index (χ0n) is 12.5. The van der Waals surface area contributed by atoms with Gasteiger partial charge in [-0.05, 0) is 43.1 Å². The minimum atomic E-state index is -0.304. The van der Waals surface area contributed by atoms with Crippen molar-refractivity contribution < 1.29 is 9.53 Å². The number of nitrogens with zero attached hydrogens (tertiary/aromatic N) is 2. The number of esters is 1. The monoisotopic (exact) mass is 290 g/mol. The van der Waals surface area contributed by atoms with E-state index in [0.717, 1.165) is 31.4 Å². The first kappa shape index (κ1) is 15.3. The fourth-order valence-electron chi connectivity index (χ4n) is 3.17. The summed E-state index contributed by atoms with van der Waals surface area (Å²) in [4.78, 5) is 11.3. The summed E-state index contributed by atoms with van der Waals surface area (Å²) in [7, 11) is 1.39. The normalized spacial score (nSPS) is 30.1. The molecule has 1 saturated carbocycles. The lowest BCUT2D eigenvalue weighted by Crippen LogP contribution is -2.27. The molecule has 0 aliphatic heterocycles. The Bertz CT molecular complexity index is 544. The van der Waals surface area contributed by atoms with Crippen LogP contribution in [0.4, 0.5) is 0 Å². The van der Waals surface area contributed by atoms with Crippen molar-refractivity contribution in [3.8, 4) is 0 Å². The third-order valence-corrected chi connectivity index (χ3v) is 4.48. The molecule has 0 unspecified atom stereocenters. The van der Waals surface area contributed by atoms with Crippen molar-refractivity contribution in [2.75, 3.05) is 7.11 Å². The van der Waals surface area contributed by atoms with Crippen LogP contribution in [-0.4, -0.2) is 24.8 Å². The van der Waals surface area contributed by atoms with E-state index in [1.165, 1.54) is 18.8 Å². The predicted molar refractivity (Wildman–Crippen MR) is 82.5 cm³/mol. The Hall–Kier alpha value is -2.11. The van der Waals surface area contributed by atoms with E-state index in [1.807, 2.05) is 6.08 Å². The smallest absolute Gasteiger partial charge is 0.330 e. The second kappa shape index (κ2) is 6.11. The molecule has 0 saturated heterocycles. The molecule has 6 heteroatoms. The van der Waals surface area contributed by atoms with Crippen molar-refractivity contribution in [3.63, 3.8) is 0 Å². The minimum absolute atomic E-state index is 0.0282. The van der Waals surface area contributed by atoms with E-state index in [0.29, 0.717) is 5.92 Å². The Morgan fingerprint density at radius 1 is 1.48 bits per heavy atom. The zero-order valence-corrected chi connectivity index (χ0v) is 12.5. The van der Waals surface area contributed by atoms with Gasteiger partial charge in [-0.25, -0.2) is 4.79 Å². The van der Waals surface area contributed by atoms with Crippen molar-refractivity contribution in [3.05, 3.63) is 23.8 Å². The van der Waals surface area contributed by atoms with Gasteiger partial charge in [-0.15, -0.1) is 5.10 Å². The molecule has 0 bridgehead atoms. The lowest BCUT2D eigenvalue weighted by Gasteiger charge is -2.34. The number of methoxy groups -OCH3 is 1. The molecule has 114 valence electrons. The van der Waals surface area contributed by atoms with E-state index in [4.69, 9.17) is 11.5 Å². The number of hydrogen-bond acceptors (Lipinski definition) is 4. The molecule has 2 rings (SSSR count). The number of allylic oxidation sites excluding steroid dienone is 3. The Labute approximate surface area is 124 Å². The molecule has 2 atom stereocenters. The highest BCUT2D eigenvalue weighted by atomic mass is 16.5. The Kier molecular flexibility index (Phi) is 4.45. The second-order valence-corrected chi connectivity index (χ2v) is 5.73. The molecular formula is C15H22N4O2. The highest BCUT2D eigenvalue weighted by Gasteiger charge is 2.43. The van der Waals surface area contributed by atoms with Gasteiger partial charge in [-0.3, -0.25) is 0 Å². The van der Waals surface area contributed by atoms with E-state index in [1.54, 1.807) is 0 Å². The molecule has 2 aliphatic carbocycles. The molecule has 0 aromatic rings. The molecule has 21 heavy (non-hydrogen) atoms. The number of rotatable bonds is 3. The van der Waals surface area contributed by atoms with Gasteiger partial charge < -0.3 is 16.2 Å². The van der Waals surface area contributed by atoms with Crippen molar-refractivity contribution in [2.24, 2.45) is 33.0 Å². The molecule has 0 radical (unpaired) electrons. The van der Waals surface area contributed by atoms with E-state index < -0.39 is 0 Å². The van der Waals surface area contributed by atoms with Crippen molar-refractivity contribution in [1.82, 2.24) is 0 Å². The van der Waals surface area contributed by atoms with Gasteiger partial charge in [0.05, 0.1) is 12.8 Å². The average Bonchev–Trinajstić information content (AvgIpc) is 2.78. The summed E-state index contributed by atoms with van der Waals surface area (Å²) in [5, 5.41) is 7.79. The van der Waals surface area contributed by atoms with E-state index in [-0.39, 0.29) is 17.3 Å². The van der Waals surface area contributed by atoms with Crippen LogP contribution in [-0.2, 0) is 9.53 Å². The standard InChI is InChI=1S/C15H22N4O2/c1-15-8-7-12(18-19-14(16)17)9-11(15)4-3-10(15)5-6-13(20)21-2/h5-6,9-10H,3-4,7-8H2,1-2H3,(H4,16,17,19)/b6-5-,18-12-/t10-,15-/m1/s1. The van der Waals surface area contributed by atoms with Gasteiger partial charge in [-0.1, -0.05) is 18.6 Å². The number of carbonyl (C=O) groups is 1. The first-order chi connectivity index (χ1) is 9.95. The lowest BCUT2D eigenvalue weighted by atomic mass is 9.70. The second-order valence-electron chi connectivity index (χ2n) is 5.73. The summed E-state index contributed by atoms with van der Waals surface area (Å²) < 4.78 is 4.65. The van der Waals surface area contributed by atoms with Gasteiger partial charge in [0.1, 0.15) is 0 Å². The molecule has 4 N–H and O–H groups in total.